The third-order valence-electron chi connectivity index (χ3n) is 2.69. The van der Waals surface area contributed by atoms with Crippen LogP contribution in [0.15, 0.2) is 34.7 Å². The monoisotopic (exact) mass is 352 g/mol. The summed E-state index contributed by atoms with van der Waals surface area (Å²) >= 11 is 2.85. The number of amides is 2. The number of anilines is 1. The average molecular weight is 352 g/mol. The molecule has 0 aliphatic rings. The van der Waals surface area contributed by atoms with Crippen LogP contribution in [0.1, 0.15) is 18.4 Å². The van der Waals surface area contributed by atoms with Crippen molar-refractivity contribution in [3.63, 3.8) is 0 Å². The first-order valence-electron chi connectivity index (χ1n) is 6.90. The highest BCUT2D eigenvalue weighted by atomic mass is 32.2. The Kier molecular flexibility index (Phi) is 6.82. The van der Waals surface area contributed by atoms with E-state index in [9.17, 15) is 9.59 Å². The van der Waals surface area contributed by atoms with E-state index in [2.05, 4.69) is 20.8 Å². The van der Waals surface area contributed by atoms with Crippen LogP contribution in [0.4, 0.5) is 9.93 Å². The van der Waals surface area contributed by atoms with Crippen molar-refractivity contribution < 1.29 is 14.7 Å². The molecule has 0 aliphatic heterocycles. The third kappa shape index (κ3) is 6.66. The second-order valence-electron chi connectivity index (χ2n) is 4.53. The molecule has 2 amide bonds. The third-order valence-corrected chi connectivity index (χ3v) is 4.73. The van der Waals surface area contributed by atoms with E-state index in [4.69, 9.17) is 5.11 Å². The van der Waals surface area contributed by atoms with E-state index in [1.165, 1.54) is 16.9 Å². The van der Waals surface area contributed by atoms with E-state index in [0.29, 0.717) is 18.1 Å². The number of hydrogen-bond donors (Lipinski definition) is 3. The first kappa shape index (κ1) is 17.2. The number of aliphatic carboxylic acids is 1. The zero-order valence-corrected chi connectivity index (χ0v) is 13.8. The molecule has 23 heavy (non-hydrogen) atoms. The van der Waals surface area contributed by atoms with Gasteiger partial charge in [0.2, 0.25) is 5.13 Å². The number of carboxylic acids is 1. The molecule has 7 nitrogen and oxygen atoms in total. The lowest BCUT2D eigenvalue weighted by Gasteiger charge is -2.03. The first-order chi connectivity index (χ1) is 11.1. The molecule has 0 atom stereocenters. The summed E-state index contributed by atoms with van der Waals surface area (Å²) in [6, 6.07) is 9.60. The number of nitrogens with zero attached hydrogens (tertiary/aromatic N) is 2. The van der Waals surface area contributed by atoms with Crippen LogP contribution in [-0.2, 0) is 10.5 Å². The van der Waals surface area contributed by atoms with Crippen LogP contribution in [0, 0.1) is 0 Å². The lowest BCUT2D eigenvalue weighted by atomic mass is 10.2. The van der Waals surface area contributed by atoms with E-state index >= 15 is 0 Å². The van der Waals surface area contributed by atoms with Gasteiger partial charge >= 0.3 is 12.0 Å². The van der Waals surface area contributed by atoms with Gasteiger partial charge in [0.15, 0.2) is 4.34 Å². The first-order valence-corrected chi connectivity index (χ1v) is 8.70. The van der Waals surface area contributed by atoms with Gasteiger partial charge in [0.1, 0.15) is 0 Å². The maximum Gasteiger partial charge on any atom is 0.321 e. The number of nitrogens with one attached hydrogen (secondary N) is 2. The Labute approximate surface area is 141 Å². The van der Waals surface area contributed by atoms with Crippen LogP contribution in [0.5, 0.6) is 0 Å². The summed E-state index contributed by atoms with van der Waals surface area (Å²) in [6.45, 7) is 0.298. The lowest BCUT2D eigenvalue weighted by Crippen LogP contribution is -2.29. The highest BCUT2D eigenvalue weighted by molar-refractivity contribution is 8.00. The topological polar surface area (TPSA) is 104 Å². The van der Waals surface area contributed by atoms with Gasteiger partial charge in [0, 0.05) is 18.7 Å². The number of urea groups is 1. The van der Waals surface area contributed by atoms with Crippen LogP contribution in [-0.4, -0.2) is 33.8 Å². The van der Waals surface area contributed by atoms with Gasteiger partial charge < -0.3 is 10.4 Å². The Balaban J connectivity index is 1.71. The van der Waals surface area contributed by atoms with Crippen LogP contribution in [0.3, 0.4) is 0 Å². The number of aromatic nitrogens is 2. The molecule has 0 radical (unpaired) electrons. The molecule has 0 saturated heterocycles. The predicted octanol–water partition coefficient (Wildman–Crippen LogP) is 2.82. The Bertz CT molecular complexity index is 648. The fourth-order valence-corrected chi connectivity index (χ4v) is 3.32. The number of benzene rings is 1. The Morgan fingerprint density at radius 2 is 2.00 bits per heavy atom. The van der Waals surface area contributed by atoms with E-state index in [1.807, 2.05) is 30.3 Å². The molecule has 1 aromatic carbocycles. The van der Waals surface area contributed by atoms with E-state index in [0.717, 1.165) is 10.1 Å². The van der Waals surface area contributed by atoms with Gasteiger partial charge in [-0.2, -0.15) is 0 Å². The second-order valence-corrected chi connectivity index (χ2v) is 6.73. The van der Waals surface area contributed by atoms with Gasteiger partial charge in [0.25, 0.3) is 0 Å². The van der Waals surface area contributed by atoms with E-state index < -0.39 is 12.0 Å². The van der Waals surface area contributed by atoms with Crippen molar-refractivity contribution in [2.45, 2.75) is 22.9 Å². The lowest BCUT2D eigenvalue weighted by molar-refractivity contribution is -0.137. The predicted molar refractivity (Wildman–Crippen MR) is 89.8 cm³/mol. The minimum atomic E-state index is -0.878. The molecule has 1 heterocycles. The minimum Gasteiger partial charge on any atom is -0.481 e. The van der Waals surface area contributed by atoms with Crippen molar-refractivity contribution in [1.29, 1.82) is 0 Å². The number of carbonyl (C=O) groups excluding carboxylic acids is 1. The molecule has 0 saturated carbocycles. The molecule has 0 fully saturated rings. The van der Waals surface area contributed by atoms with Gasteiger partial charge in [-0.1, -0.05) is 53.4 Å². The molecule has 0 unspecified atom stereocenters. The number of rotatable bonds is 8. The minimum absolute atomic E-state index is 0.0271. The Morgan fingerprint density at radius 3 is 2.74 bits per heavy atom. The smallest absolute Gasteiger partial charge is 0.321 e. The highest BCUT2D eigenvalue weighted by Crippen LogP contribution is 2.28. The zero-order valence-electron chi connectivity index (χ0n) is 12.2. The molecular weight excluding hydrogens is 336 g/mol. The van der Waals surface area contributed by atoms with Crippen molar-refractivity contribution in [3.8, 4) is 0 Å². The summed E-state index contributed by atoms with van der Waals surface area (Å²) in [4.78, 5) is 22.0. The van der Waals surface area contributed by atoms with Crippen molar-refractivity contribution >= 4 is 40.2 Å². The molecule has 2 aromatic rings. The van der Waals surface area contributed by atoms with Crippen molar-refractivity contribution in [2.24, 2.45) is 0 Å². The average Bonchev–Trinajstić information content (AvgIpc) is 2.98. The molecule has 3 N–H and O–H groups in total. The SMILES string of the molecule is O=C(O)CCCNC(=O)Nc1nnc(SCc2ccccc2)s1. The van der Waals surface area contributed by atoms with Gasteiger partial charge in [-0.05, 0) is 12.0 Å². The van der Waals surface area contributed by atoms with E-state index in [-0.39, 0.29) is 6.42 Å². The summed E-state index contributed by atoms with van der Waals surface area (Å²) in [7, 11) is 0. The van der Waals surface area contributed by atoms with Crippen LogP contribution in [0.25, 0.3) is 0 Å². The maximum atomic E-state index is 11.6. The molecule has 0 spiro atoms. The molecule has 0 bridgehead atoms. The largest absolute Gasteiger partial charge is 0.481 e. The van der Waals surface area contributed by atoms with Crippen LogP contribution >= 0.6 is 23.1 Å². The molecule has 2 rings (SSSR count). The summed E-state index contributed by atoms with van der Waals surface area (Å²) in [5.41, 5.74) is 1.19. The fourth-order valence-electron chi connectivity index (χ4n) is 1.62. The number of thioether (sulfide) groups is 1. The van der Waals surface area contributed by atoms with Gasteiger partial charge in [-0.15, -0.1) is 10.2 Å². The highest BCUT2D eigenvalue weighted by Gasteiger charge is 2.08. The number of hydrogen-bond acceptors (Lipinski definition) is 6. The Morgan fingerprint density at radius 1 is 1.22 bits per heavy atom. The molecule has 1 aromatic heterocycles. The number of carboxylic acid groups (broad SMARTS) is 1. The summed E-state index contributed by atoms with van der Waals surface area (Å²) < 4.78 is 0.773. The van der Waals surface area contributed by atoms with Gasteiger partial charge in [-0.25, -0.2) is 4.79 Å². The standard InChI is InChI=1S/C14H16N4O3S2/c19-11(20)7-4-8-15-12(21)16-13-17-18-14(23-13)22-9-10-5-2-1-3-6-10/h1-3,5-6H,4,7-9H2,(H,19,20)(H2,15,16,17,21). The molecule has 122 valence electrons. The summed E-state index contributed by atoms with van der Waals surface area (Å²) in [5.74, 6) is -0.0898. The Hall–Kier alpha value is -2.13. The van der Waals surface area contributed by atoms with E-state index in [1.54, 1.807) is 11.8 Å². The molecule has 0 aliphatic carbocycles. The van der Waals surface area contributed by atoms with Crippen LogP contribution in [0.2, 0.25) is 0 Å². The molecular formula is C14H16N4O3S2. The second kappa shape index (κ2) is 9.11. The van der Waals surface area contributed by atoms with Crippen molar-refractivity contribution in [1.82, 2.24) is 15.5 Å². The number of carbonyl (C=O) groups is 2. The van der Waals surface area contributed by atoms with Crippen molar-refractivity contribution in [3.05, 3.63) is 35.9 Å². The van der Waals surface area contributed by atoms with Crippen molar-refractivity contribution in [2.75, 3.05) is 11.9 Å². The molecule has 9 heteroatoms. The van der Waals surface area contributed by atoms with Crippen LogP contribution < -0.4 is 10.6 Å². The normalized spacial score (nSPS) is 10.3. The maximum absolute atomic E-state index is 11.6. The zero-order chi connectivity index (χ0) is 16.5. The summed E-state index contributed by atoms with van der Waals surface area (Å²) in [5, 5.41) is 22.0. The van der Waals surface area contributed by atoms with Gasteiger partial charge in [-0.3, -0.25) is 10.1 Å². The summed E-state index contributed by atoms with van der Waals surface area (Å²) in [6.07, 6.45) is 0.413. The van der Waals surface area contributed by atoms with Gasteiger partial charge in [0.05, 0.1) is 0 Å². The quantitative estimate of drug-likeness (QED) is 0.383. The fraction of sp³-hybridized carbons (Fsp3) is 0.286.